The number of rotatable bonds is 3. The second-order valence-corrected chi connectivity index (χ2v) is 15.5. The molecule has 3 aliphatic rings. The second kappa shape index (κ2) is 10.1. The first-order valence-corrected chi connectivity index (χ1v) is 17.5. The van der Waals surface area contributed by atoms with Gasteiger partial charge in [0.1, 0.15) is 0 Å². The molecular formula is C44H35N7. The molecule has 3 aliphatic carbocycles. The number of aromatic nitrogens is 7. The normalized spacial score (nSPS) is 16.1. The smallest absolute Gasteiger partial charge is 0.165 e. The van der Waals surface area contributed by atoms with Gasteiger partial charge in [-0.2, -0.15) is 0 Å². The van der Waals surface area contributed by atoms with Gasteiger partial charge in [-0.3, -0.25) is 19.9 Å². The van der Waals surface area contributed by atoms with Crippen molar-refractivity contribution in [2.75, 3.05) is 0 Å². The Morgan fingerprint density at radius 3 is 1.24 bits per heavy atom. The van der Waals surface area contributed by atoms with Crippen molar-refractivity contribution in [2.24, 2.45) is 0 Å². The van der Waals surface area contributed by atoms with E-state index in [4.69, 9.17) is 34.9 Å². The molecule has 7 heteroatoms. The highest BCUT2D eigenvalue weighted by atomic mass is 15.0. The molecule has 7 aromatic rings. The van der Waals surface area contributed by atoms with Crippen molar-refractivity contribution in [3.63, 3.8) is 0 Å². The van der Waals surface area contributed by atoms with E-state index in [1.54, 1.807) is 0 Å². The summed E-state index contributed by atoms with van der Waals surface area (Å²) in [5, 5.41) is 0. The Morgan fingerprint density at radius 1 is 0.373 bits per heavy atom. The van der Waals surface area contributed by atoms with Crippen molar-refractivity contribution < 1.29 is 0 Å². The summed E-state index contributed by atoms with van der Waals surface area (Å²) in [7, 11) is 0. The molecular weight excluding hydrogens is 627 g/mol. The number of benzene rings is 2. The fourth-order valence-electron chi connectivity index (χ4n) is 8.57. The average Bonchev–Trinajstić information content (AvgIpc) is 3.64. The maximum atomic E-state index is 5.15. The molecule has 0 atom stereocenters. The van der Waals surface area contributed by atoms with Crippen molar-refractivity contribution in [1.29, 1.82) is 0 Å². The van der Waals surface area contributed by atoms with Crippen LogP contribution in [0, 0.1) is 0 Å². The highest BCUT2D eigenvalue weighted by Crippen LogP contribution is 2.50. The van der Waals surface area contributed by atoms with Crippen LogP contribution in [0.25, 0.3) is 68.1 Å². The maximum absolute atomic E-state index is 5.15. The molecule has 0 saturated heterocycles. The predicted molar refractivity (Wildman–Crippen MR) is 200 cm³/mol. The first kappa shape index (κ1) is 29.9. The molecule has 0 fully saturated rings. The second-order valence-electron chi connectivity index (χ2n) is 15.5. The molecule has 0 unspecified atom stereocenters. The van der Waals surface area contributed by atoms with Crippen LogP contribution < -0.4 is 0 Å². The van der Waals surface area contributed by atoms with Crippen LogP contribution in [-0.4, -0.2) is 34.9 Å². The minimum Gasteiger partial charge on any atom is -0.255 e. The van der Waals surface area contributed by atoms with Gasteiger partial charge < -0.3 is 0 Å². The number of pyridine rings is 4. The molecule has 7 nitrogen and oxygen atoms in total. The van der Waals surface area contributed by atoms with E-state index in [0.29, 0.717) is 17.5 Å². The van der Waals surface area contributed by atoms with Crippen LogP contribution in [0.1, 0.15) is 74.9 Å². The van der Waals surface area contributed by atoms with Crippen LogP contribution in [0.4, 0.5) is 0 Å². The summed E-state index contributed by atoms with van der Waals surface area (Å²) in [6, 6.07) is 27.8. The van der Waals surface area contributed by atoms with E-state index in [2.05, 4.69) is 114 Å². The molecule has 0 saturated carbocycles. The summed E-state index contributed by atoms with van der Waals surface area (Å²) in [4.78, 5) is 35.1. The summed E-state index contributed by atoms with van der Waals surface area (Å²) in [6.07, 6.45) is 7.49. The van der Waals surface area contributed by atoms with Gasteiger partial charge in [0.05, 0.1) is 22.8 Å². The fourth-order valence-corrected chi connectivity index (χ4v) is 8.57. The Bertz CT molecular complexity index is 2330. The van der Waals surface area contributed by atoms with E-state index >= 15 is 0 Å². The Kier molecular flexibility index (Phi) is 5.91. The van der Waals surface area contributed by atoms with E-state index < -0.39 is 0 Å². The molecule has 0 amide bonds. The van der Waals surface area contributed by atoms with Crippen molar-refractivity contribution in [1.82, 2.24) is 34.9 Å². The van der Waals surface area contributed by atoms with Crippen LogP contribution in [0.3, 0.4) is 0 Å². The summed E-state index contributed by atoms with van der Waals surface area (Å²) < 4.78 is 0. The first-order chi connectivity index (χ1) is 24.5. The standard InChI is InChI=1S/C44H35N7/c1-42(2)29-14-9-7-12-27(29)35-32(42)18-24(21-46-35)39-49-40(25-19-33-36(47-22-25)28-13-8-10-15-30(28)43(33,3)4)51-41(50-39)26-20-34-38(48-23-26)37-31(44(34,5)6)16-11-17-45-37/h7-23H,1-6H3. The van der Waals surface area contributed by atoms with E-state index in [1.807, 2.05) is 30.9 Å². The lowest BCUT2D eigenvalue weighted by Crippen LogP contribution is -2.16. The Morgan fingerprint density at radius 2 is 0.745 bits per heavy atom. The van der Waals surface area contributed by atoms with Gasteiger partial charge in [0.25, 0.3) is 0 Å². The monoisotopic (exact) mass is 661 g/mol. The third-order valence-corrected chi connectivity index (χ3v) is 11.5. The van der Waals surface area contributed by atoms with E-state index in [0.717, 1.165) is 56.2 Å². The Labute approximate surface area is 297 Å². The van der Waals surface area contributed by atoms with E-state index in [9.17, 15) is 0 Å². The quantitative estimate of drug-likeness (QED) is 0.186. The molecule has 246 valence electrons. The zero-order valence-corrected chi connectivity index (χ0v) is 29.4. The third-order valence-electron chi connectivity index (χ3n) is 11.5. The number of nitrogens with zero attached hydrogens (tertiary/aromatic N) is 7. The molecule has 0 aliphatic heterocycles. The zero-order valence-electron chi connectivity index (χ0n) is 29.4. The zero-order chi connectivity index (χ0) is 34.9. The van der Waals surface area contributed by atoms with Crippen LogP contribution in [-0.2, 0) is 16.2 Å². The van der Waals surface area contributed by atoms with Gasteiger partial charge in [0, 0.05) is 68.8 Å². The molecule has 0 spiro atoms. The molecule has 0 bridgehead atoms. The topological polar surface area (TPSA) is 90.2 Å². The van der Waals surface area contributed by atoms with Gasteiger partial charge in [-0.15, -0.1) is 0 Å². The van der Waals surface area contributed by atoms with E-state index in [-0.39, 0.29) is 16.2 Å². The highest BCUT2D eigenvalue weighted by Gasteiger charge is 2.40. The van der Waals surface area contributed by atoms with Crippen molar-refractivity contribution in [2.45, 2.75) is 57.8 Å². The summed E-state index contributed by atoms with van der Waals surface area (Å²) >= 11 is 0. The van der Waals surface area contributed by atoms with Crippen molar-refractivity contribution in [3.05, 3.63) is 137 Å². The summed E-state index contributed by atoms with van der Waals surface area (Å²) in [5.41, 5.74) is 15.2. The third kappa shape index (κ3) is 4.09. The molecule has 2 aromatic carbocycles. The van der Waals surface area contributed by atoms with Crippen molar-refractivity contribution in [3.8, 4) is 68.1 Å². The SMILES string of the molecule is CC1(C)c2ccccc2-c2ncc(-c3nc(-c4cnc5c(c4)C(C)(C)c4ccccc4-5)nc(-c4cnc5c(c4)C(C)(C)c4cccnc4-5)n3)cc21. The van der Waals surface area contributed by atoms with Crippen LogP contribution >= 0.6 is 0 Å². The first-order valence-electron chi connectivity index (χ1n) is 17.5. The average molecular weight is 662 g/mol. The number of hydrogen-bond donors (Lipinski definition) is 0. The molecule has 5 aromatic heterocycles. The minimum absolute atomic E-state index is 0.212. The lowest BCUT2D eigenvalue weighted by atomic mass is 9.82. The molecule has 10 rings (SSSR count). The van der Waals surface area contributed by atoms with Crippen molar-refractivity contribution >= 4 is 0 Å². The van der Waals surface area contributed by atoms with Crippen LogP contribution in [0.5, 0.6) is 0 Å². The predicted octanol–water partition coefficient (Wildman–Crippen LogP) is 9.37. The van der Waals surface area contributed by atoms with Crippen LogP contribution in [0.15, 0.2) is 104 Å². The number of hydrogen-bond acceptors (Lipinski definition) is 7. The maximum Gasteiger partial charge on any atom is 0.165 e. The van der Waals surface area contributed by atoms with Gasteiger partial charge in [0.2, 0.25) is 0 Å². The molecule has 5 heterocycles. The summed E-state index contributed by atoms with van der Waals surface area (Å²) in [6.45, 7) is 13.5. The lowest BCUT2D eigenvalue weighted by Gasteiger charge is -2.22. The number of fused-ring (bicyclic) bond motifs is 9. The van der Waals surface area contributed by atoms with Gasteiger partial charge in [-0.05, 0) is 57.6 Å². The van der Waals surface area contributed by atoms with Gasteiger partial charge in [-0.1, -0.05) is 96.1 Å². The van der Waals surface area contributed by atoms with Gasteiger partial charge in [-0.25, -0.2) is 15.0 Å². The van der Waals surface area contributed by atoms with Crippen LogP contribution in [0.2, 0.25) is 0 Å². The Hall–Kier alpha value is -5.95. The Balaban J connectivity index is 1.16. The molecule has 0 radical (unpaired) electrons. The molecule has 51 heavy (non-hydrogen) atoms. The largest absolute Gasteiger partial charge is 0.255 e. The highest BCUT2D eigenvalue weighted by molar-refractivity contribution is 5.82. The minimum atomic E-state index is -0.268. The molecule has 0 N–H and O–H groups in total. The fraction of sp³-hybridized carbons (Fsp3) is 0.205. The van der Waals surface area contributed by atoms with Gasteiger partial charge in [0.15, 0.2) is 17.5 Å². The van der Waals surface area contributed by atoms with E-state index in [1.165, 1.54) is 27.8 Å². The van der Waals surface area contributed by atoms with Gasteiger partial charge >= 0.3 is 0 Å². The lowest BCUT2D eigenvalue weighted by molar-refractivity contribution is 0.658. The summed E-state index contributed by atoms with van der Waals surface area (Å²) in [5.74, 6) is 1.67.